The van der Waals surface area contributed by atoms with Crippen LogP contribution in [0.25, 0.3) is 0 Å². The Morgan fingerprint density at radius 1 is 1.53 bits per heavy atom. The van der Waals surface area contributed by atoms with Crippen molar-refractivity contribution >= 4 is 11.7 Å². The Morgan fingerprint density at radius 3 is 2.93 bits per heavy atom. The van der Waals surface area contributed by atoms with Gasteiger partial charge in [0.05, 0.1) is 5.92 Å². The van der Waals surface area contributed by atoms with Crippen molar-refractivity contribution in [1.29, 1.82) is 0 Å². The molecule has 2 atom stereocenters. The molecule has 0 saturated carbocycles. The van der Waals surface area contributed by atoms with Crippen LogP contribution in [-0.4, -0.2) is 17.6 Å². The van der Waals surface area contributed by atoms with E-state index in [-0.39, 0.29) is 11.8 Å². The molecule has 80 valence electrons. The Labute approximate surface area is 89.1 Å². The van der Waals surface area contributed by atoms with Crippen molar-refractivity contribution in [3.8, 4) is 0 Å². The van der Waals surface area contributed by atoms with Crippen molar-refractivity contribution in [2.24, 2.45) is 5.92 Å². The SMILES string of the molecule is CCC1CNc2ccccc2C1C(=O)O. The van der Waals surface area contributed by atoms with Crippen LogP contribution in [0.3, 0.4) is 0 Å². The number of carboxylic acids is 1. The van der Waals surface area contributed by atoms with Crippen molar-refractivity contribution < 1.29 is 9.90 Å². The van der Waals surface area contributed by atoms with E-state index in [4.69, 9.17) is 0 Å². The van der Waals surface area contributed by atoms with Gasteiger partial charge in [-0.1, -0.05) is 31.5 Å². The Kier molecular flexibility index (Phi) is 2.62. The molecule has 2 N–H and O–H groups in total. The number of carbonyl (C=O) groups is 1. The zero-order chi connectivity index (χ0) is 10.8. The zero-order valence-corrected chi connectivity index (χ0v) is 8.73. The number of hydrogen-bond donors (Lipinski definition) is 2. The highest BCUT2D eigenvalue weighted by atomic mass is 16.4. The number of anilines is 1. The molecular formula is C12H15NO2. The van der Waals surface area contributed by atoms with Crippen LogP contribution in [0, 0.1) is 5.92 Å². The topological polar surface area (TPSA) is 49.3 Å². The van der Waals surface area contributed by atoms with Crippen molar-refractivity contribution in [1.82, 2.24) is 0 Å². The smallest absolute Gasteiger partial charge is 0.311 e. The molecule has 0 spiro atoms. The average molecular weight is 205 g/mol. The molecule has 0 fully saturated rings. The summed E-state index contributed by atoms with van der Waals surface area (Å²) in [7, 11) is 0. The largest absolute Gasteiger partial charge is 0.481 e. The van der Waals surface area contributed by atoms with Gasteiger partial charge in [-0.25, -0.2) is 0 Å². The Bertz CT molecular complexity index is 376. The predicted molar refractivity (Wildman–Crippen MR) is 59.1 cm³/mol. The fourth-order valence-corrected chi connectivity index (χ4v) is 2.26. The molecule has 15 heavy (non-hydrogen) atoms. The van der Waals surface area contributed by atoms with Crippen LogP contribution in [0.15, 0.2) is 24.3 Å². The molecule has 3 heteroatoms. The van der Waals surface area contributed by atoms with E-state index < -0.39 is 5.97 Å². The quantitative estimate of drug-likeness (QED) is 0.779. The monoisotopic (exact) mass is 205 g/mol. The molecule has 3 nitrogen and oxygen atoms in total. The fourth-order valence-electron chi connectivity index (χ4n) is 2.26. The summed E-state index contributed by atoms with van der Waals surface area (Å²) >= 11 is 0. The van der Waals surface area contributed by atoms with E-state index in [0.717, 1.165) is 24.2 Å². The molecule has 0 amide bonds. The van der Waals surface area contributed by atoms with Crippen molar-refractivity contribution in [3.63, 3.8) is 0 Å². The van der Waals surface area contributed by atoms with Crippen molar-refractivity contribution in [2.75, 3.05) is 11.9 Å². The summed E-state index contributed by atoms with van der Waals surface area (Å²) in [5.74, 6) is -0.874. The summed E-state index contributed by atoms with van der Waals surface area (Å²) < 4.78 is 0. The molecule has 2 unspecified atom stereocenters. The standard InChI is InChI=1S/C12H15NO2/c1-2-8-7-13-10-6-4-3-5-9(10)11(8)12(14)15/h3-6,8,11,13H,2,7H2,1H3,(H,14,15). The van der Waals surface area contributed by atoms with Gasteiger partial charge in [0.2, 0.25) is 0 Å². The van der Waals surface area contributed by atoms with E-state index in [9.17, 15) is 9.90 Å². The van der Waals surface area contributed by atoms with Gasteiger partial charge in [0.15, 0.2) is 0 Å². The van der Waals surface area contributed by atoms with Crippen LogP contribution in [0.1, 0.15) is 24.8 Å². The average Bonchev–Trinajstić information content (AvgIpc) is 2.27. The van der Waals surface area contributed by atoms with E-state index in [0.29, 0.717) is 0 Å². The lowest BCUT2D eigenvalue weighted by atomic mass is 9.81. The summed E-state index contributed by atoms with van der Waals surface area (Å²) in [4.78, 5) is 11.3. The Hall–Kier alpha value is -1.51. The third-order valence-electron chi connectivity index (χ3n) is 3.11. The fraction of sp³-hybridized carbons (Fsp3) is 0.417. The number of nitrogens with one attached hydrogen (secondary N) is 1. The highest BCUT2D eigenvalue weighted by Gasteiger charge is 2.33. The third-order valence-corrected chi connectivity index (χ3v) is 3.11. The molecule has 2 rings (SSSR count). The van der Waals surface area contributed by atoms with Crippen LogP contribution in [0.2, 0.25) is 0 Å². The molecule has 0 aliphatic carbocycles. The van der Waals surface area contributed by atoms with Gasteiger partial charge < -0.3 is 10.4 Å². The summed E-state index contributed by atoms with van der Waals surface area (Å²) in [6, 6.07) is 7.67. The molecule has 0 bridgehead atoms. The molecule has 0 radical (unpaired) electrons. The number of fused-ring (bicyclic) bond motifs is 1. The van der Waals surface area contributed by atoms with E-state index in [1.54, 1.807) is 0 Å². The van der Waals surface area contributed by atoms with Crippen LogP contribution < -0.4 is 5.32 Å². The Morgan fingerprint density at radius 2 is 2.27 bits per heavy atom. The zero-order valence-electron chi connectivity index (χ0n) is 8.73. The molecular weight excluding hydrogens is 190 g/mol. The maximum Gasteiger partial charge on any atom is 0.311 e. The highest BCUT2D eigenvalue weighted by Crippen LogP contribution is 2.36. The van der Waals surface area contributed by atoms with Gasteiger partial charge >= 0.3 is 5.97 Å². The maximum atomic E-state index is 11.3. The molecule has 1 heterocycles. The minimum atomic E-state index is -0.712. The van der Waals surface area contributed by atoms with Gasteiger partial charge in [0, 0.05) is 12.2 Å². The van der Waals surface area contributed by atoms with Gasteiger partial charge in [-0.05, 0) is 17.5 Å². The number of rotatable bonds is 2. The van der Waals surface area contributed by atoms with E-state index in [1.165, 1.54) is 0 Å². The molecule has 1 aromatic rings. The molecule has 1 aliphatic heterocycles. The minimum Gasteiger partial charge on any atom is -0.481 e. The second-order valence-electron chi connectivity index (χ2n) is 3.95. The first-order valence-corrected chi connectivity index (χ1v) is 5.29. The van der Waals surface area contributed by atoms with Crippen LogP contribution in [-0.2, 0) is 4.79 Å². The summed E-state index contributed by atoms with van der Waals surface area (Å²) in [6.45, 7) is 2.79. The summed E-state index contributed by atoms with van der Waals surface area (Å²) in [6.07, 6.45) is 0.887. The first kappa shape index (κ1) is 10.0. The van der Waals surface area contributed by atoms with Gasteiger partial charge in [0.1, 0.15) is 0 Å². The molecule has 1 aliphatic rings. The van der Waals surface area contributed by atoms with Gasteiger partial charge in [0.25, 0.3) is 0 Å². The molecule has 0 aromatic heterocycles. The number of para-hydroxylation sites is 1. The second kappa shape index (κ2) is 3.93. The lowest BCUT2D eigenvalue weighted by molar-refractivity contribution is -0.140. The lowest BCUT2D eigenvalue weighted by Gasteiger charge is -2.31. The summed E-state index contributed by atoms with van der Waals surface area (Å²) in [5.41, 5.74) is 1.89. The molecule has 1 aromatic carbocycles. The van der Waals surface area contributed by atoms with Crippen LogP contribution >= 0.6 is 0 Å². The molecule has 0 saturated heterocycles. The van der Waals surface area contributed by atoms with Crippen molar-refractivity contribution in [2.45, 2.75) is 19.3 Å². The third kappa shape index (κ3) is 1.69. The summed E-state index contributed by atoms with van der Waals surface area (Å²) in [5, 5.41) is 12.5. The van der Waals surface area contributed by atoms with Gasteiger partial charge in [-0.3, -0.25) is 4.79 Å². The minimum absolute atomic E-state index is 0.192. The number of benzene rings is 1. The number of aliphatic carboxylic acids is 1. The van der Waals surface area contributed by atoms with Gasteiger partial charge in [-0.2, -0.15) is 0 Å². The first-order chi connectivity index (χ1) is 7.24. The van der Waals surface area contributed by atoms with E-state index >= 15 is 0 Å². The van der Waals surface area contributed by atoms with Crippen LogP contribution in [0.4, 0.5) is 5.69 Å². The lowest BCUT2D eigenvalue weighted by Crippen LogP contribution is -2.32. The van der Waals surface area contributed by atoms with Crippen molar-refractivity contribution in [3.05, 3.63) is 29.8 Å². The van der Waals surface area contributed by atoms with Gasteiger partial charge in [-0.15, -0.1) is 0 Å². The first-order valence-electron chi connectivity index (χ1n) is 5.29. The van der Waals surface area contributed by atoms with Crippen LogP contribution in [0.5, 0.6) is 0 Å². The Balaban J connectivity index is 2.43. The highest BCUT2D eigenvalue weighted by molar-refractivity contribution is 5.80. The van der Waals surface area contributed by atoms with E-state index in [1.807, 2.05) is 31.2 Å². The second-order valence-corrected chi connectivity index (χ2v) is 3.95. The van der Waals surface area contributed by atoms with E-state index in [2.05, 4.69) is 5.32 Å². The predicted octanol–water partition coefficient (Wildman–Crippen LogP) is 2.31. The normalized spacial score (nSPS) is 24.1. The number of carboxylic acid groups (broad SMARTS) is 1. The maximum absolute atomic E-state index is 11.3. The number of hydrogen-bond acceptors (Lipinski definition) is 2.